The zero-order valence-electron chi connectivity index (χ0n) is 16.4. The summed E-state index contributed by atoms with van der Waals surface area (Å²) in [5.41, 5.74) is 10.7. The Balaban J connectivity index is 0.000000159. The number of nitrogen functional groups attached to an aromatic ring is 2. The van der Waals surface area contributed by atoms with Crippen molar-refractivity contribution in [3.05, 3.63) is 42.3 Å². The molecule has 1 aliphatic carbocycles. The third kappa shape index (κ3) is 7.41. The lowest BCUT2D eigenvalue weighted by atomic mass is 10.2. The van der Waals surface area contributed by atoms with Gasteiger partial charge < -0.3 is 16.4 Å². The average Bonchev–Trinajstić information content (AvgIpc) is 3.27. The van der Waals surface area contributed by atoms with Crippen molar-refractivity contribution in [3.63, 3.8) is 0 Å². The topological polar surface area (TPSA) is 81.1 Å². The molecule has 6 heteroatoms. The van der Waals surface area contributed by atoms with Crippen molar-refractivity contribution in [1.29, 1.82) is 0 Å². The first kappa shape index (κ1) is 20.9. The van der Waals surface area contributed by atoms with E-state index in [1.165, 1.54) is 56.7 Å². The highest BCUT2D eigenvalue weighted by Gasteiger charge is 2.21. The highest BCUT2D eigenvalue weighted by atomic mass is 19.1. The molecule has 0 aromatic carbocycles. The van der Waals surface area contributed by atoms with Crippen LogP contribution in [0.4, 0.5) is 21.8 Å². The number of rotatable bonds is 1. The third-order valence-electron chi connectivity index (χ3n) is 4.98. The Kier molecular flexibility index (Phi) is 8.30. The molecule has 1 saturated carbocycles. The minimum Gasteiger partial charge on any atom is -0.384 e. The summed E-state index contributed by atoms with van der Waals surface area (Å²) < 4.78 is 12.0. The maximum atomic E-state index is 12.0. The average molecular weight is 374 g/mol. The molecule has 2 fully saturated rings. The second-order valence-electron chi connectivity index (χ2n) is 7.38. The van der Waals surface area contributed by atoms with Crippen LogP contribution in [0.25, 0.3) is 0 Å². The van der Waals surface area contributed by atoms with E-state index in [2.05, 4.69) is 28.7 Å². The number of hydrogen-bond acceptors (Lipinski definition) is 5. The molecule has 5 nitrogen and oxygen atoms in total. The lowest BCUT2D eigenvalue weighted by Crippen LogP contribution is -2.27. The summed E-state index contributed by atoms with van der Waals surface area (Å²) in [5, 5.41) is 0. The molecular weight excluding hydrogens is 341 g/mol. The fourth-order valence-corrected chi connectivity index (χ4v) is 3.43. The maximum Gasteiger partial charge on any atom is 0.214 e. The van der Waals surface area contributed by atoms with Crippen molar-refractivity contribution in [2.75, 3.05) is 22.9 Å². The van der Waals surface area contributed by atoms with Crippen LogP contribution in [0.3, 0.4) is 0 Å². The Hall–Kier alpha value is -2.37. The molecule has 0 unspecified atom stereocenters. The fraction of sp³-hybridized carbons (Fsp3) is 0.524. The molecule has 2 aliphatic rings. The monoisotopic (exact) mass is 373 g/mol. The van der Waals surface area contributed by atoms with Crippen LogP contribution in [0.5, 0.6) is 0 Å². The summed E-state index contributed by atoms with van der Waals surface area (Å²) in [5.74, 6) is 2.35. The summed E-state index contributed by atoms with van der Waals surface area (Å²) in [6.45, 7) is 5.68. The Morgan fingerprint density at radius 1 is 0.889 bits per heavy atom. The predicted molar refractivity (Wildman–Crippen MR) is 111 cm³/mol. The van der Waals surface area contributed by atoms with Crippen LogP contribution in [0.2, 0.25) is 0 Å². The van der Waals surface area contributed by atoms with Crippen LogP contribution < -0.4 is 16.4 Å². The molecule has 1 atom stereocenters. The van der Waals surface area contributed by atoms with Crippen LogP contribution >= 0.6 is 0 Å². The van der Waals surface area contributed by atoms with Crippen molar-refractivity contribution in [1.82, 2.24) is 9.97 Å². The van der Waals surface area contributed by atoms with Crippen molar-refractivity contribution < 1.29 is 4.39 Å². The van der Waals surface area contributed by atoms with Gasteiger partial charge in [0.1, 0.15) is 17.5 Å². The van der Waals surface area contributed by atoms with Gasteiger partial charge in [0.15, 0.2) is 0 Å². The van der Waals surface area contributed by atoms with Crippen molar-refractivity contribution in [2.24, 2.45) is 5.92 Å². The summed E-state index contributed by atoms with van der Waals surface area (Å²) in [7, 11) is 0. The quantitative estimate of drug-likeness (QED) is 0.711. The molecule has 3 heterocycles. The van der Waals surface area contributed by atoms with Gasteiger partial charge in [0.05, 0.1) is 0 Å². The van der Waals surface area contributed by atoms with E-state index in [1.54, 1.807) is 0 Å². The molecule has 27 heavy (non-hydrogen) atoms. The fourth-order valence-electron chi connectivity index (χ4n) is 3.43. The smallest absolute Gasteiger partial charge is 0.214 e. The first-order chi connectivity index (χ1) is 13.0. The van der Waals surface area contributed by atoms with E-state index in [-0.39, 0.29) is 5.82 Å². The zero-order valence-corrected chi connectivity index (χ0v) is 16.4. The molecule has 4 N–H and O–H groups in total. The highest BCUT2D eigenvalue weighted by molar-refractivity contribution is 5.46. The van der Waals surface area contributed by atoms with Gasteiger partial charge in [-0.2, -0.15) is 4.39 Å². The summed E-state index contributed by atoms with van der Waals surface area (Å²) >= 11 is 0. The lowest BCUT2D eigenvalue weighted by Gasteiger charge is -2.22. The van der Waals surface area contributed by atoms with Crippen molar-refractivity contribution in [2.45, 2.75) is 58.4 Å². The predicted octanol–water partition coefficient (Wildman–Crippen LogP) is 4.65. The van der Waals surface area contributed by atoms with Crippen molar-refractivity contribution in [3.8, 4) is 0 Å². The van der Waals surface area contributed by atoms with E-state index in [4.69, 9.17) is 11.5 Å². The van der Waals surface area contributed by atoms with Gasteiger partial charge in [0.25, 0.3) is 0 Å². The highest BCUT2D eigenvalue weighted by Crippen LogP contribution is 2.24. The van der Waals surface area contributed by atoms with Gasteiger partial charge in [0, 0.05) is 12.6 Å². The van der Waals surface area contributed by atoms with Crippen LogP contribution in [0.15, 0.2) is 36.4 Å². The maximum absolute atomic E-state index is 12.0. The van der Waals surface area contributed by atoms with E-state index in [0.717, 1.165) is 18.3 Å². The summed E-state index contributed by atoms with van der Waals surface area (Å²) in [4.78, 5) is 9.91. The van der Waals surface area contributed by atoms with E-state index in [0.29, 0.717) is 11.9 Å². The van der Waals surface area contributed by atoms with Gasteiger partial charge in [-0.05, 0) is 49.9 Å². The van der Waals surface area contributed by atoms with Gasteiger partial charge >= 0.3 is 0 Å². The number of hydrogen-bond donors (Lipinski definition) is 2. The molecule has 4 rings (SSSR count). The normalized spacial score (nSPS) is 19.1. The lowest BCUT2D eigenvalue weighted by molar-refractivity contribution is 0.586. The second kappa shape index (κ2) is 10.7. The molecule has 1 aliphatic heterocycles. The summed E-state index contributed by atoms with van der Waals surface area (Å²) in [6, 6.07) is 10.7. The standard InChI is InChI=1S/C10H15N3.C6H12.C5H5FN2/c1-8-4-3-7-13(8)10-6-2-5-9(11)12-10;1-6-4-2-3-5-6;6-4-2-1-3-5(7)8-4/h2,5-6,8H,3-4,7H2,1H3,(H2,11,12);6H,2-5H2,1H3;1-3H,(H2,7,8)/t8-;;/m1../s1. The summed E-state index contributed by atoms with van der Waals surface area (Å²) in [6.07, 6.45) is 8.47. The molecule has 2 aromatic heterocycles. The Morgan fingerprint density at radius 3 is 1.93 bits per heavy atom. The van der Waals surface area contributed by atoms with Gasteiger partial charge in [-0.15, -0.1) is 0 Å². The largest absolute Gasteiger partial charge is 0.384 e. The third-order valence-corrected chi connectivity index (χ3v) is 4.98. The minimum atomic E-state index is -0.537. The van der Waals surface area contributed by atoms with Crippen LogP contribution in [0.1, 0.15) is 52.4 Å². The Bertz CT molecular complexity index is 671. The molecule has 0 amide bonds. The molecule has 0 spiro atoms. The van der Waals surface area contributed by atoms with Gasteiger partial charge in [0.2, 0.25) is 5.95 Å². The number of halogens is 1. The van der Waals surface area contributed by atoms with E-state index >= 15 is 0 Å². The van der Waals surface area contributed by atoms with Crippen LogP contribution in [0, 0.1) is 11.9 Å². The Morgan fingerprint density at radius 2 is 1.52 bits per heavy atom. The van der Waals surface area contributed by atoms with Crippen LogP contribution in [-0.4, -0.2) is 22.6 Å². The molecule has 0 radical (unpaired) electrons. The van der Waals surface area contributed by atoms with E-state index in [1.807, 2.05) is 18.2 Å². The van der Waals surface area contributed by atoms with Crippen LogP contribution in [-0.2, 0) is 0 Å². The number of nitrogens with zero attached hydrogens (tertiary/aromatic N) is 3. The molecular formula is C21H32FN5. The van der Waals surface area contributed by atoms with E-state index in [9.17, 15) is 4.39 Å². The number of pyridine rings is 2. The number of nitrogens with two attached hydrogens (primary N) is 2. The molecule has 2 aromatic rings. The molecule has 148 valence electrons. The molecule has 1 saturated heterocycles. The van der Waals surface area contributed by atoms with E-state index < -0.39 is 5.95 Å². The SMILES string of the molecule is CC1CCCC1.C[C@@H]1CCCN1c1cccc(N)n1.Nc1cccc(F)n1. The Labute approximate surface area is 162 Å². The minimum absolute atomic E-state index is 0.213. The molecule has 0 bridgehead atoms. The van der Waals surface area contributed by atoms with Gasteiger partial charge in [-0.3, -0.25) is 0 Å². The number of aromatic nitrogens is 2. The second-order valence-corrected chi connectivity index (χ2v) is 7.38. The first-order valence-electron chi connectivity index (χ1n) is 9.83. The van der Waals surface area contributed by atoms with Crippen molar-refractivity contribution >= 4 is 17.5 Å². The van der Waals surface area contributed by atoms with Gasteiger partial charge in [-0.1, -0.05) is 44.7 Å². The number of anilines is 3. The first-order valence-corrected chi connectivity index (χ1v) is 9.83. The van der Waals surface area contributed by atoms with Gasteiger partial charge in [-0.25, -0.2) is 9.97 Å². The zero-order chi connectivity index (χ0) is 19.6.